The molecule has 0 amide bonds. The van der Waals surface area contributed by atoms with Gasteiger partial charge in [-0.1, -0.05) is 164 Å². The Labute approximate surface area is 376 Å². The van der Waals surface area contributed by atoms with Gasteiger partial charge in [0.25, 0.3) is 0 Å². The third-order valence-electron chi connectivity index (χ3n) is 13.2. The average molecular weight is 829 g/mol. The van der Waals surface area contributed by atoms with Crippen LogP contribution >= 0.6 is 0 Å². The summed E-state index contributed by atoms with van der Waals surface area (Å²) in [7, 11) is 0. The quantitative estimate of drug-likeness (QED) is 0.160. The first-order valence-electron chi connectivity index (χ1n) is 22.2. The topological polar surface area (TPSA) is 21.3 Å². The zero-order valence-corrected chi connectivity index (χ0v) is 35.4. The maximum Gasteiger partial charge on any atom is 0.145 e. The zero-order chi connectivity index (χ0) is 42.8. The van der Waals surface area contributed by atoms with Crippen molar-refractivity contribution in [3.8, 4) is 39.1 Å². The van der Waals surface area contributed by atoms with Crippen molar-refractivity contribution < 1.29 is 4.42 Å². The minimum absolute atomic E-state index is 0.858. The number of para-hydroxylation sites is 3. The number of fused-ring (bicyclic) bond motifs is 8. The number of nitrogens with zero attached hydrogens (tertiary/aromatic N) is 2. The third kappa shape index (κ3) is 6.20. The molecule has 65 heavy (non-hydrogen) atoms. The molecule has 2 aromatic heterocycles. The minimum Gasteiger partial charge on any atom is -0.455 e. The summed E-state index contributed by atoms with van der Waals surface area (Å²) < 4.78 is 9.27. The highest BCUT2D eigenvalue weighted by Crippen LogP contribution is 2.47. The van der Waals surface area contributed by atoms with Crippen LogP contribution in [0.5, 0.6) is 0 Å². The zero-order valence-electron chi connectivity index (χ0n) is 35.4. The van der Waals surface area contributed by atoms with Gasteiger partial charge in [-0.3, -0.25) is 0 Å². The van der Waals surface area contributed by atoms with E-state index >= 15 is 0 Å². The van der Waals surface area contributed by atoms with E-state index < -0.39 is 0 Å². The van der Waals surface area contributed by atoms with Crippen molar-refractivity contribution in [2.24, 2.45) is 0 Å². The standard InChI is InChI=1S/C62H40N2O/c1-3-13-46-39-48(23-21-41(46)11-1)43-25-31-50(32-26-43)63(51-33-27-44(28-34-51)49-24-22-42-12-2-4-14-47(42)40-49)59-38-37-53(62-61(59)56-17-7-10-20-60(56)65-62)45-29-35-52(36-30-45)64-57-18-8-5-15-54(57)55-16-6-9-19-58(55)64/h1-40H. The number of anilines is 3. The highest BCUT2D eigenvalue weighted by atomic mass is 16.3. The van der Waals surface area contributed by atoms with Crippen LogP contribution in [0, 0.1) is 0 Å². The van der Waals surface area contributed by atoms with Gasteiger partial charge < -0.3 is 13.9 Å². The van der Waals surface area contributed by atoms with Crippen molar-refractivity contribution in [1.82, 2.24) is 4.57 Å². The molecule has 2 heterocycles. The molecule has 13 aromatic rings. The summed E-state index contributed by atoms with van der Waals surface area (Å²) in [6.07, 6.45) is 0. The lowest BCUT2D eigenvalue weighted by atomic mass is 9.98. The summed E-state index contributed by atoms with van der Waals surface area (Å²) in [6.45, 7) is 0. The van der Waals surface area contributed by atoms with Crippen molar-refractivity contribution in [3.63, 3.8) is 0 Å². The Kier molecular flexibility index (Phi) is 8.53. The second-order valence-corrected chi connectivity index (χ2v) is 16.9. The van der Waals surface area contributed by atoms with Crippen LogP contribution in [-0.2, 0) is 0 Å². The van der Waals surface area contributed by atoms with Crippen molar-refractivity contribution in [2.45, 2.75) is 0 Å². The average Bonchev–Trinajstić information content (AvgIpc) is 3.94. The maximum absolute atomic E-state index is 6.91. The second-order valence-electron chi connectivity index (χ2n) is 16.9. The Bertz CT molecular complexity index is 3760. The molecule has 0 aliphatic carbocycles. The number of furan rings is 1. The van der Waals surface area contributed by atoms with Gasteiger partial charge in [-0.25, -0.2) is 0 Å². The molecule has 11 aromatic carbocycles. The molecule has 0 radical (unpaired) electrons. The van der Waals surface area contributed by atoms with Gasteiger partial charge in [-0.2, -0.15) is 0 Å². The molecular formula is C62H40N2O. The number of rotatable bonds is 7. The Morgan fingerprint density at radius 2 is 0.800 bits per heavy atom. The van der Waals surface area contributed by atoms with E-state index in [1.165, 1.54) is 65.6 Å². The highest BCUT2D eigenvalue weighted by molar-refractivity contribution is 6.17. The third-order valence-corrected chi connectivity index (χ3v) is 13.2. The summed E-state index contributed by atoms with van der Waals surface area (Å²) in [5.74, 6) is 0. The van der Waals surface area contributed by atoms with Crippen molar-refractivity contribution in [2.75, 3.05) is 4.90 Å². The van der Waals surface area contributed by atoms with Gasteiger partial charge in [0.05, 0.1) is 22.1 Å². The molecule has 0 atom stereocenters. The van der Waals surface area contributed by atoms with Crippen LogP contribution in [0.3, 0.4) is 0 Å². The van der Waals surface area contributed by atoms with Crippen LogP contribution in [0.2, 0.25) is 0 Å². The van der Waals surface area contributed by atoms with Gasteiger partial charge in [0.2, 0.25) is 0 Å². The Hall–Kier alpha value is -8.66. The molecule has 0 saturated heterocycles. The molecule has 13 rings (SSSR count). The molecule has 0 saturated carbocycles. The predicted molar refractivity (Wildman–Crippen MR) is 274 cm³/mol. The van der Waals surface area contributed by atoms with E-state index in [2.05, 4.69) is 252 Å². The van der Waals surface area contributed by atoms with Crippen LogP contribution in [0.15, 0.2) is 247 Å². The van der Waals surface area contributed by atoms with Gasteiger partial charge in [0, 0.05) is 38.8 Å². The van der Waals surface area contributed by atoms with Crippen molar-refractivity contribution >= 4 is 82.4 Å². The molecule has 0 bridgehead atoms. The predicted octanol–water partition coefficient (Wildman–Crippen LogP) is 17.5. The summed E-state index contributed by atoms with van der Waals surface area (Å²) in [6, 6.07) is 87.6. The fraction of sp³-hybridized carbons (Fsp3) is 0. The molecule has 0 spiro atoms. The lowest BCUT2D eigenvalue weighted by Crippen LogP contribution is -2.10. The van der Waals surface area contributed by atoms with E-state index in [1.54, 1.807) is 0 Å². The summed E-state index contributed by atoms with van der Waals surface area (Å²) in [5.41, 5.74) is 15.3. The lowest BCUT2D eigenvalue weighted by Gasteiger charge is -2.27. The Morgan fingerprint density at radius 1 is 0.338 bits per heavy atom. The summed E-state index contributed by atoms with van der Waals surface area (Å²) in [4.78, 5) is 2.38. The van der Waals surface area contributed by atoms with Gasteiger partial charge in [0.15, 0.2) is 0 Å². The van der Waals surface area contributed by atoms with Gasteiger partial charge in [0.1, 0.15) is 11.2 Å². The van der Waals surface area contributed by atoms with Crippen LogP contribution in [0.4, 0.5) is 17.1 Å². The van der Waals surface area contributed by atoms with E-state index in [9.17, 15) is 0 Å². The first kappa shape index (κ1) is 36.9. The number of hydrogen-bond acceptors (Lipinski definition) is 2. The van der Waals surface area contributed by atoms with E-state index in [0.29, 0.717) is 0 Å². The first-order chi connectivity index (χ1) is 32.2. The van der Waals surface area contributed by atoms with Crippen LogP contribution in [-0.4, -0.2) is 4.57 Å². The molecule has 0 N–H and O–H groups in total. The number of aromatic nitrogens is 1. The molecule has 3 heteroatoms. The van der Waals surface area contributed by atoms with Crippen LogP contribution in [0.25, 0.3) is 104 Å². The maximum atomic E-state index is 6.91. The molecular weight excluding hydrogens is 789 g/mol. The van der Waals surface area contributed by atoms with Gasteiger partial charge in [-0.15, -0.1) is 0 Å². The minimum atomic E-state index is 0.858. The first-order valence-corrected chi connectivity index (χ1v) is 22.2. The van der Waals surface area contributed by atoms with Crippen LogP contribution in [0.1, 0.15) is 0 Å². The van der Waals surface area contributed by atoms with Crippen molar-refractivity contribution in [1.29, 1.82) is 0 Å². The fourth-order valence-electron chi connectivity index (χ4n) is 9.99. The molecule has 0 fully saturated rings. The number of hydrogen-bond donors (Lipinski definition) is 0. The lowest BCUT2D eigenvalue weighted by molar-refractivity contribution is 0.670. The van der Waals surface area contributed by atoms with Gasteiger partial charge in [-0.05, 0) is 128 Å². The van der Waals surface area contributed by atoms with E-state index in [-0.39, 0.29) is 0 Å². The molecule has 0 aliphatic heterocycles. The summed E-state index contributed by atoms with van der Waals surface area (Å²) >= 11 is 0. The smallest absolute Gasteiger partial charge is 0.145 e. The molecule has 3 nitrogen and oxygen atoms in total. The Balaban J connectivity index is 0.955. The Morgan fingerprint density at radius 3 is 1.37 bits per heavy atom. The SMILES string of the molecule is c1ccc2cc(-c3ccc(N(c4ccc(-c5ccc6ccccc6c5)cc4)c4ccc(-c5ccc(-n6c7ccccc7c7ccccc76)cc5)c5oc6ccccc6c45)cc3)ccc2c1. The van der Waals surface area contributed by atoms with E-state index in [1.807, 2.05) is 0 Å². The monoisotopic (exact) mass is 828 g/mol. The van der Waals surface area contributed by atoms with Gasteiger partial charge >= 0.3 is 0 Å². The highest BCUT2D eigenvalue weighted by Gasteiger charge is 2.23. The fourth-order valence-corrected chi connectivity index (χ4v) is 9.99. The summed E-state index contributed by atoms with van der Waals surface area (Å²) in [5, 5.41) is 9.60. The van der Waals surface area contributed by atoms with Crippen molar-refractivity contribution in [3.05, 3.63) is 243 Å². The van der Waals surface area contributed by atoms with Crippen LogP contribution < -0.4 is 4.90 Å². The normalized spacial score (nSPS) is 11.7. The van der Waals surface area contributed by atoms with E-state index in [0.717, 1.165) is 55.8 Å². The largest absolute Gasteiger partial charge is 0.455 e. The second kappa shape index (κ2) is 15.0. The molecule has 0 unspecified atom stereocenters. The molecule has 0 aliphatic rings. The van der Waals surface area contributed by atoms with E-state index in [4.69, 9.17) is 4.42 Å². The number of benzene rings is 11. The molecule has 304 valence electrons.